The summed E-state index contributed by atoms with van der Waals surface area (Å²) in [5.41, 5.74) is 7.91. The highest BCUT2D eigenvalue weighted by atomic mass is 19.4. The van der Waals surface area contributed by atoms with Crippen molar-refractivity contribution in [2.45, 2.75) is 25.6 Å². The van der Waals surface area contributed by atoms with E-state index in [1.54, 1.807) is 6.92 Å². The Morgan fingerprint density at radius 2 is 1.68 bits per heavy atom. The van der Waals surface area contributed by atoms with E-state index < -0.39 is 11.9 Å². The van der Waals surface area contributed by atoms with Gasteiger partial charge in [-0.1, -0.05) is 30.3 Å². The lowest BCUT2D eigenvalue weighted by Crippen LogP contribution is -2.39. The number of hydrogen-bond acceptors (Lipinski definition) is 3. The van der Waals surface area contributed by atoms with Gasteiger partial charge in [0.05, 0.1) is 11.7 Å². The number of H-pyrrole nitrogens is 1. The maximum Gasteiger partial charge on any atom is 0.432 e. The van der Waals surface area contributed by atoms with E-state index in [1.807, 2.05) is 50.5 Å². The predicted octanol–water partition coefficient (Wildman–Crippen LogP) is 5.50. The molecule has 1 aliphatic rings. The van der Waals surface area contributed by atoms with Crippen LogP contribution in [0.15, 0.2) is 72.4 Å². The van der Waals surface area contributed by atoms with E-state index in [9.17, 15) is 13.2 Å². The molecule has 0 saturated heterocycles. The van der Waals surface area contributed by atoms with Gasteiger partial charge >= 0.3 is 6.18 Å². The van der Waals surface area contributed by atoms with E-state index in [0.29, 0.717) is 12.1 Å². The number of hydrazine groups is 1. The number of benzene rings is 2. The molecule has 1 atom stereocenters. The number of aromatic nitrogens is 1. The topological polar surface area (TPSA) is 34.3 Å². The van der Waals surface area contributed by atoms with Crippen LogP contribution in [-0.4, -0.2) is 31.3 Å². The number of hydrogen-bond donors (Lipinski definition) is 2. The van der Waals surface area contributed by atoms with E-state index in [0.717, 1.165) is 28.2 Å². The lowest BCUT2D eigenvalue weighted by Gasteiger charge is -2.25. The highest BCUT2D eigenvalue weighted by Crippen LogP contribution is 2.32. The highest BCUT2D eigenvalue weighted by Gasteiger charge is 2.39. The van der Waals surface area contributed by atoms with Crippen molar-refractivity contribution in [1.29, 1.82) is 0 Å². The third kappa shape index (κ3) is 4.40. The minimum absolute atomic E-state index is 0.384. The Morgan fingerprint density at radius 3 is 2.32 bits per heavy atom. The van der Waals surface area contributed by atoms with E-state index in [4.69, 9.17) is 0 Å². The average molecular weight is 426 g/mol. The van der Waals surface area contributed by atoms with Gasteiger partial charge < -0.3 is 9.88 Å². The molecular weight excluding hydrogens is 401 g/mol. The second-order valence-corrected chi connectivity index (χ2v) is 7.95. The fourth-order valence-electron chi connectivity index (χ4n) is 3.83. The van der Waals surface area contributed by atoms with E-state index >= 15 is 0 Å². The number of nitrogens with zero attached hydrogens (tertiary/aromatic N) is 2. The number of anilines is 2. The van der Waals surface area contributed by atoms with Gasteiger partial charge in [0.2, 0.25) is 0 Å². The number of halogens is 3. The quantitative estimate of drug-likeness (QED) is 0.566. The lowest BCUT2D eigenvalue weighted by atomic mass is 10.1. The standard InChI is InChI=1S/C24H25F3N4/c1-16-14-23(24(25,26)27)29-31(16)19-11-8-17(9-12-19)15-18-10-13-21(28-18)20-6-4-5-7-22(20)30(2)3/h4-14,16,28-29H,15H2,1-3H3. The summed E-state index contributed by atoms with van der Waals surface area (Å²) in [6.45, 7) is 1.73. The van der Waals surface area contributed by atoms with E-state index in [-0.39, 0.29) is 6.04 Å². The second kappa shape index (κ2) is 8.06. The summed E-state index contributed by atoms with van der Waals surface area (Å²) in [6, 6.07) is 19.6. The molecule has 162 valence electrons. The van der Waals surface area contributed by atoms with Crippen LogP contribution in [0.4, 0.5) is 24.5 Å². The number of alkyl halides is 3. The molecule has 2 aromatic carbocycles. The first kappa shape index (κ1) is 20.9. The summed E-state index contributed by atoms with van der Waals surface area (Å²) in [5, 5.41) is 1.53. The maximum absolute atomic E-state index is 13.0. The number of para-hydroxylation sites is 1. The van der Waals surface area contributed by atoms with Gasteiger partial charge in [-0.25, -0.2) is 0 Å². The Labute approximate surface area is 180 Å². The highest BCUT2D eigenvalue weighted by molar-refractivity contribution is 5.76. The fourth-order valence-corrected chi connectivity index (χ4v) is 3.83. The predicted molar refractivity (Wildman–Crippen MR) is 119 cm³/mol. The monoisotopic (exact) mass is 426 g/mol. The van der Waals surface area contributed by atoms with Crippen molar-refractivity contribution in [2.75, 3.05) is 24.0 Å². The van der Waals surface area contributed by atoms with Gasteiger partial charge in [0.25, 0.3) is 0 Å². The Hall–Kier alpha value is -3.35. The van der Waals surface area contributed by atoms with Crippen LogP contribution in [0.1, 0.15) is 18.2 Å². The first-order valence-electron chi connectivity index (χ1n) is 10.1. The van der Waals surface area contributed by atoms with Gasteiger partial charge in [-0.05, 0) is 48.9 Å². The molecule has 3 aromatic rings. The van der Waals surface area contributed by atoms with Crippen molar-refractivity contribution < 1.29 is 13.2 Å². The molecule has 0 radical (unpaired) electrons. The summed E-state index contributed by atoms with van der Waals surface area (Å²) in [6.07, 6.45) is -2.47. The molecule has 0 amide bonds. The zero-order valence-electron chi connectivity index (χ0n) is 17.7. The van der Waals surface area contributed by atoms with Crippen molar-refractivity contribution in [3.8, 4) is 11.3 Å². The molecule has 2 N–H and O–H groups in total. The molecule has 7 heteroatoms. The van der Waals surface area contributed by atoms with Gasteiger partial charge in [0.1, 0.15) is 5.70 Å². The van der Waals surface area contributed by atoms with Crippen LogP contribution in [0.25, 0.3) is 11.3 Å². The summed E-state index contributed by atoms with van der Waals surface area (Å²) >= 11 is 0. The molecule has 0 spiro atoms. The zero-order chi connectivity index (χ0) is 22.2. The molecule has 4 rings (SSSR count). The molecule has 31 heavy (non-hydrogen) atoms. The Bertz CT molecular complexity index is 1080. The SMILES string of the molecule is CC1C=C(C(F)(F)F)NN1c1ccc(Cc2ccc(-c3ccccc3N(C)C)[nH]2)cc1. The summed E-state index contributed by atoms with van der Waals surface area (Å²) in [7, 11) is 4.04. The molecule has 4 nitrogen and oxygen atoms in total. The molecule has 2 heterocycles. The van der Waals surface area contributed by atoms with E-state index in [1.165, 1.54) is 11.1 Å². The van der Waals surface area contributed by atoms with Crippen molar-refractivity contribution in [3.05, 3.63) is 83.7 Å². The van der Waals surface area contributed by atoms with E-state index in [2.05, 4.69) is 39.6 Å². The molecular formula is C24H25F3N4. The normalized spacial score (nSPS) is 16.3. The lowest BCUT2D eigenvalue weighted by molar-refractivity contribution is -0.0958. The second-order valence-electron chi connectivity index (χ2n) is 7.95. The van der Waals surface area contributed by atoms with Crippen molar-refractivity contribution in [3.63, 3.8) is 0 Å². The van der Waals surface area contributed by atoms with Gasteiger partial charge in [0.15, 0.2) is 0 Å². The number of aromatic amines is 1. The van der Waals surface area contributed by atoms with Gasteiger partial charge in [-0.15, -0.1) is 0 Å². The molecule has 0 saturated carbocycles. The van der Waals surface area contributed by atoms with Crippen molar-refractivity contribution >= 4 is 11.4 Å². The maximum atomic E-state index is 13.0. The van der Waals surface area contributed by atoms with Crippen LogP contribution < -0.4 is 15.3 Å². The number of rotatable bonds is 5. The molecule has 1 aromatic heterocycles. The summed E-state index contributed by atoms with van der Waals surface area (Å²) in [5.74, 6) is 0. The average Bonchev–Trinajstić information content (AvgIpc) is 3.35. The Morgan fingerprint density at radius 1 is 0.968 bits per heavy atom. The zero-order valence-corrected chi connectivity index (χ0v) is 17.7. The molecule has 0 aliphatic carbocycles. The molecule has 0 fully saturated rings. The third-order valence-corrected chi connectivity index (χ3v) is 5.39. The minimum Gasteiger partial charge on any atom is -0.377 e. The largest absolute Gasteiger partial charge is 0.432 e. The summed E-state index contributed by atoms with van der Waals surface area (Å²) in [4.78, 5) is 5.57. The van der Waals surface area contributed by atoms with Crippen LogP contribution >= 0.6 is 0 Å². The van der Waals surface area contributed by atoms with Crippen LogP contribution in [0.5, 0.6) is 0 Å². The first-order valence-corrected chi connectivity index (χ1v) is 10.1. The first-order chi connectivity index (χ1) is 14.7. The van der Waals surface area contributed by atoms with Crippen LogP contribution in [0.3, 0.4) is 0 Å². The number of nitrogens with one attached hydrogen (secondary N) is 2. The fraction of sp³-hybridized carbons (Fsp3) is 0.250. The molecule has 0 bridgehead atoms. The van der Waals surface area contributed by atoms with Crippen LogP contribution in [-0.2, 0) is 6.42 Å². The van der Waals surface area contributed by atoms with Gasteiger partial charge in [0, 0.05) is 43.2 Å². The molecule has 1 aliphatic heterocycles. The molecule has 1 unspecified atom stereocenters. The van der Waals surface area contributed by atoms with Crippen molar-refractivity contribution in [2.24, 2.45) is 0 Å². The summed E-state index contributed by atoms with van der Waals surface area (Å²) < 4.78 is 38.9. The van der Waals surface area contributed by atoms with Crippen molar-refractivity contribution in [1.82, 2.24) is 10.4 Å². The Kier molecular flexibility index (Phi) is 5.43. The smallest absolute Gasteiger partial charge is 0.377 e. The Balaban J connectivity index is 1.47. The number of allylic oxidation sites excluding steroid dienone is 1. The van der Waals surface area contributed by atoms with Crippen LogP contribution in [0.2, 0.25) is 0 Å². The van der Waals surface area contributed by atoms with Gasteiger partial charge in [-0.2, -0.15) is 13.2 Å². The third-order valence-electron chi connectivity index (χ3n) is 5.39. The van der Waals surface area contributed by atoms with Crippen LogP contribution in [0, 0.1) is 0 Å². The van der Waals surface area contributed by atoms with Gasteiger partial charge in [-0.3, -0.25) is 10.4 Å². The minimum atomic E-state index is -4.38.